The molecule has 0 radical (unpaired) electrons. The Labute approximate surface area is 115 Å². The molecule has 0 saturated heterocycles. The number of hydrazone groups is 1. The second-order valence-corrected chi connectivity index (χ2v) is 6.97. The molecule has 1 aromatic carbocycles. The molecule has 88 valence electrons. The summed E-state index contributed by atoms with van der Waals surface area (Å²) in [5.41, 5.74) is 1.25. The Balaban J connectivity index is 2.50. The van der Waals surface area contributed by atoms with Gasteiger partial charge in [0.1, 0.15) is 5.71 Å². The molecule has 0 fully saturated rings. The van der Waals surface area contributed by atoms with E-state index in [1.165, 1.54) is 6.92 Å². The summed E-state index contributed by atoms with van der Waals surface area (Å²) < 4.78 is -1.13. The molecular formula is C11H8Br2N2O2. The minimum absolute atomic E-state index is 0.413. The summed E-state index contributed by atoms with van der Waals surface area (Å²) >= 11 is 6.52. The van der Waals surface area contributed by atoms with Gasteiger partial charge in [0, 0.05) is 12.5 Å². The van der Waals surface area contributed by atoms with Gasteiger partial charge in [0.05, 0.1) is 0 Å². The van der Waals surface area contributed by atoms with Crippen molar-refractivity contribution >= 4 is 49.4 Å². The Morgan fingerprint density at radius 1 is 1.29 bits per heavy atom. The maximum absolute atomic E-state index is 11.9. The van der Waals surface area contributed by atoms with Crippen LogP contribution >= 0.6 is 31.9 Å². The zero-order valence-corrected chi connectivity index (χ0v) is 12.0. The number of benzene rings is 1. The van der Waals surface area contributed by atoms with Crippen molar-refractivity contribution in [2.24, 2.45) is 5.10 Å². The van der Waals surface area contributed by atoms with Crippen LogP contribution in [0.15, 0.2) is 35.4 Å². The van der Waals surface area contributed by atoms with Crippen LogP contribution in [0.25, 0.3) is 0 Å². The van der Waals surface area contributed by atoms with Gasteiger partial charge in [-0.15, -0.1) is 0 Å². The highest BCUT2D eigenvalue weighted by atomic mass is 79.9. The molecule has 4 nitrogen and oxygen atoms in total. The van der Waals surface area contributed by atoms with E-state index in [1.54, 1.807) is 0 Å². The number of imide groups is 1. The number of amides is 2. The first-order valence-corrected chi connectivity index (χ1v) is 6.40. The Morgan fingerprint density at radius 2 is 1.88 bits per heavy atom. The van der Waals surface area contributed by atoms with Crippen molar-refractivity contribution in [1.29, 1.82) is 0 Å². The van der Waals surface area contributed by atoms with Crippen LogP contribution in [0.1, 0.15) is 12.5 Å². The van der Waals surface area contributed by atoms with Crippen LogP contribution in [0, 0.1) is 0 Å². The van der Waals surface area contributed by atoms with Crippen LogP contribution < -0.4 is 0 Å². The minimum atomic E-state index is -1.13. The summed E-state index contributed by atoms with van der Waals surface area (Å²) in [6.45, 7) is 1.30. The van der Waals surface area contributed by atoms with Crippen LogP contribution in [-0.4, -0.2) is 25.8 Å². The predicted octanol–water partition coefficient (Wildman–Crippen LogP) is 2.27. The predicted molar refractivity (Wildman–Crippen MR) is 71.1 cm³/mol. The number of hydrogen-bond donors (Lipinski definition) is 0. The van der Waals surface area contributed by atoms with E-state index in [0.29, 0.717) is 5.71 Å². The number of nitrogens with zero attached hydrogens (tertiary/aromatic N) is 2. The molecule has 0 spiro atoms. The first-order chi connectivity index (χ1) is 7.94. The molecule has 0 bridgehead atoms. The van der Waals surface area contributed by atoms with E-state index >= 15 is 0 Å². The van der Waals surface area contributed by atoms with Crippen molar-refractivity contribution in [3.63, 3.8) is 0 Å². The summed E-state index contributed by atoms with van der Waals surface area (Å²) in [4.78, 5) is 23.2. The summed E-state index contributed by atoms with van der Waals surface area (Å²) in [6.07, 6.45) is 0. The number of halogens is 2. The average Bonchev–Trinajstić information content (AvgIpc) is 2.52. The highest BCUT2D eigenvalue weighted by Gasteiger charge is 2.49. The monoisotopic (exact) mass is 358 g/mol. The highest BCUT2D eigenvalue weighted by Crippen LogP contribution is 2.38. The zero-order chi connectivity index (χ0) is 12.6. The normalized spacial score (nSPS) is 18.2. The van der Waals surface area contributed by atoms with Crippen molar-refractivity contribution in [3.05, 3.63) is 35.9 Å². The maximum atomic E-state index is 11.9. The maximum Gasteiger partial charge on any atom is 0.283 e. The van der Waals surface area contributed by atoms with Gasteiger partial charge in [-0.25, -0.2) is 0 Å². The van der Waals surface area contributed by atoms with Gasteiger partial charge >= 0.3 is 0 Å². The van der Waals surface area contributed by atoms with Crippen molar-refractivity contribution in [1.82, 2.24) is 5.01 Å². The van der Waals surface area contributed by atoms with E-state index in [1.807, 2.05) is 30.3 Å². The van der Waals surface area contributed by atoms with Crippen molar-refractivity contribution < 1.29 is 9.59 Å². The van der Waals surface area contributed by atoms with Gasteiger partial charge in [-0.2, -0.15) is 10.1 Å². The molecule has 6 heteroatoms. The fourth-order valence-corrected chi connectivity index (χ4v) is 2.44. The van der Waals surface area contributed by atoms with Crippen LogP contribution in [-0.2, 0) is 9.59 Å². The van der Waals surface area contributed by atoms with E-state index < -0.39 is 15.0 Å². The van der Waals surface area contributed by atoms with E-state index in [0.717, 1.165) is 10.6 Å². The summed E-state index contributed by atoms with van der Waals surface area (Å²) in [5.74, 6) is -0.854. The molecule has 1 aromatic rings. The SMILES string of the molecule is CC(=O)N1N=C(c2ccccc2)C(Br)(Br)C1=O. The first kappa shape index (κ1) is 12.4. The lowest BCUT2D eigenvalue weighted by molar-refractivity contribution is -0.141. The molecule has 0 unspecified atom stereocenters. The van der Waals surface area contributed by atoms with Gasteiger partial charge < -0.3 is 0 Å². The van der Waals surface area contributed by atoms with Gasteiger partial charge in [0.15, 0.2) is 0 Å². The molecule has 2 rings (SSSR count). The second kappa shape index (κ2) is 4.34. The number of rotatable bonds is 1. The molecule has 2 amide bonds. The third-order valence-corrected chi connectivity index (χ3v) is 3.73. The fourth-order valence-electron chi connectivity index (χ4n) is 1.49. The van der Waals surface area contributed by atoms with Crippen molar-refractivity contribution in [3.8, 4) is 0 Å². The lowest BCUT2D eigenvalue weighted by Crippen LogP contribution is -2.37. The van der Waals surface area contributed by atoms with E-state index in [4.69, 9.17) is 0 Å². The van der Waals surface area contributed by atoms with Gasteiger partial charge in [-0.05, 0) is 0 Å². The van der Waals surface area contributed by atoms with Crippen LogP contribution in [0.4, 0.5) is 0 Å². The lowest BCUT2D eigenvalue weighted by atomic mass is 10.1. The Bertz CT molecular complexity index is 511. The molecule has 1 aliphatic heterocycles. The Morgan fingerprint density at radius 3 is 2.35 bits per heavy atom. The molecule has 0 saturated carbocycles. The highest BCUT2D eigenvalue weighted by molar-refractivity contribution is 9.26. The second-order valence-electron chi connectivity index (χ2n) is 3.52. The molecule has 17 heavy (non-hydrogen) atoms. The molecule has 0 aromatic heterocycles. The van der Waals surface area contributed by atoms with E-state index in [2.05, 4.69) is 37.0 Å². The van der Waals surface area contributed by atoms with Gasteiger partial charge in [0.2, 0.25) is 9.14 Å². The van der Waals surface area contributed by atoms with Crippen molar-refractivity contribution in [2.75, 3.05) is 0 Å². The van der Waals surface area contributed by atoms with Gasteiger partial charge in [-0.3, -0.25) is 9.59 Å². The molecular weight excluding hydrogens is 352 g/mol. The van der Waals surface area contributed by atoms with Crippen molar-refractivity contribution in [2.45, 2.75) is 10.2 Å². The lowest BCUT2D eigenvalue weighted by Gasteiger charge is -2.14. The first-order valence-electron chi connectivity index (χ1n) is 4.82. The van der Waals surface area contributed by atoms with Crippen LogP contribution in [0.3, 0.4) is 0 Å². The Hall–Kier alpha value is -1.01. The molecule has 1 aliphatic rings. The molecule has 0 N–H and O–H groups in total. The van der Waals surface area contributed by atoms with E-state index in [-0.39, 0.29) is 0 Å². The number of alkyl halides is 2. The number of carbonyl (C=O) groups is 2. The minimum Gasteiger partial charge on any atom is -0.273 e. The van der Waals surface area contributed by atoms with Crippen LogP contribution in [0.2, 0.25) is 0 Å². The summed E-state index contributed by atoms with van der Waals surface area (Å²) in [5, 5.41) is 4.90. The molecule has 0 atom stereocenters. The Kier molecular flexibility index (Phi) is 3.18. The van der Waals surface area contributed by atoms with E-state index in [9.17, 15) is 9.59 Å². The van der Waals surface area contributed by atoms with Gasteiger partial charge in [0.25, 0.3) is 5.91 Å². The third-order valence-electron chi connectivity index (χ3n) is 2.30. The van der Waals surface area contributed by atoms with Gasteiger partial charge in [-0.1, -0.05) is 62.2 Å². The topological polar surface area (TPSA) is 49.7 Å². The smallest absolute Gasteiger partial charge is 0.273 e. The zero-order valence-electron chi connectivity index (χ0n) is 8.85. The van der Waals surface area contributed by atoms with Crippen LogP contribution in [0.5, 0.6) is 0 Å². The summed E-state index contributed by atoms with van der Waals surface area (Å²) in [6, 6.07) is 9.21. The largest absolute Gasteiger partial charge is 0.283 e. The average molecular weight is 360 g/mol. The third kappa shape index (κ3) is 2.07. The quantitative estimate of drug-likeness (QED) is 0.722. The number of carbonyl (C=O) groups excluding carboxylic acids is 2. The fraction of sp³-hybridized carbons (Fsp3) is 0.182. The molecule has 0 aliphatic carbocycles. The molecule has 1 heterocycles. The number of hydrogen-bond acceptors (Lipinski definition) is 3. The summed E-state index contributed by atoms with van der Waals surface area (Å²) in [7, 11) is 0. The standard InChI is InChI=1S/C11H8Br2N2O2/c1-7(16)15-10(17)11(12,13)9(14-15)8-5-3-2-4-6-8/h2-6H,1H3.